The maximum atomic E-state index is 13.7. The van der Waals surface area contributed by atoms with Crippen molar-refractivity contribution >= 4 is 11.6 Å². The molecule has 0 saturated carbocycles. The summed E-state index contributed by atoms with van der Waals surface area (Å²) in [4.78, 5) is 27.2. The zero-order chi connectivity index (χ0) is 29.4. The number of aliphatic hydroxyl groups excluding tert-OH is 1. The monoisotopic (exact) mass is 561 g/mol. The number of hydrogen-bond acceptors (Lipinski definition) is 9. The molecule has 3 aliphatic rings. The Balaban J connectivity index is 1.47. The number of ketones is 2. The molecule has 0 spiro atoms. The minimum absolute atomic E-state index is 0.0483. The summed E-state index contributed by atoms with van der Waals surface area (Å²) in [5.41, 5.74) is 1.28. The molecule has 2 aliphatic carbocycles. The van der Waals surface area contributed by atoms with Gasteiger partial charge in [0.25, 0.3) is 0 Å². The van der Waals surface area contributed by atoms with Crippen molar-refractivity contribution < 1.29 is 39.1 Å². The molecule has 2 aromatic carbocycles. The molecule has 5 atom stereocenters. The first-order valence-corrected chi connectivity index (χ1v) is 13.7. The van der Waals surface area contributed by atoms with Crippen molar-refractivity contribution in [2.45, 2.75) is 63.3 Å². The second kappa shape index (κ2) is 11.6. The second-order valence-corrected chi connectivity index (χ2v) is 10.6. The van der Waals surface area contributed by atoms with E-state index < -0.39 is 36.2 Å². The summed E-state index contributed by atoms with van der Waals surface area (Å²) >= 11 is 0. The van der Waals surface area contributed by atoms with Crippen LogP contribution in [0.5, 0.6) is 17.2 Å². The highest BCUT2D eigenvalue weighted by atomic mass is 16.7. The third-order valence-corrected chi connectivity index (χ3v) is 8.16. The summed E-state index contributed by atoms with van der Waals surface area (Å²) in [7, 11) is 1.40. The number of rotatable bonds is 8. The van der Waals surface area contributed by atoms with Gasteiger partial charge in [0.15, 0.2) is 12.1 Å². The lowest BCUT2D eigenvalue weighted by Crippen LogP contribution is -2.54. The van der Waals surface area contributed by atoms with Crippen LogP contribution in [0.1, 0.15) is 75.3 Å². The minimum Gasteiger partial charge on any atom is -0.507 e. The van der Waals surface area contributed by atoms with E-state index in [0.29, 0.717) is 37.8 Å². The number of benzene rings is 2. The third-order valence-electron chi connectivity index (χ3n) is 8.16. The Hall–Kier alpha value is -3.76. The molecule has 1 fully saturated rings. The lowest BCUT2D eigenvalue weighted by atomic mass is 9.77. The van der Waals surface area contributed by atoms with Gasteiger partial charge in [0.2, 0.25) is 5.78 Å². The van der Waals surface area contributed by atoms with Crippen LogP contribution in [0.4, 0.5) is 0 Å². The standard InChI is InChI=1S/C32H35NO8/c1-5-9-17(6-2)15-33-20-14-23(40-16(3)28(20)34)41-22-13-8-11-19-25(22)32(38)27-26(30(19)36)29(35)18-10-7-12-21(39-4)24(18)31(27)37/h5-7,9-10,12,16,20,22-23,28,33-34,36,38H,1-2,8,11,13-15H2,3-4H3/b17-9+/t16-,20+,22-,23?,28+/m0/s1. The number of nitrogens with one attached hydrogen (secondary N) is 1. The predicted molar refractivity (Wildman–Crippen MR) is 152 cm³/mol. The van der Waals surface area contributed by atoms with Crippen LogP contribution in [0.2, 0.25) is 0 Å². The fourth-order valence-electron chi connectivity index (χ4n) is 6.09. The van der Waals surface area contributed by atoms with Crippen LogP contribution >= 0.6 is 0 Å². The number of fused-ring (bicyclic) bond motifs is 3. The number of carbonyl (C=O) groups is 2. The number of ether oxygens (including phenoxy) is 3. The van der Waals surface area contributed by atoms with Gasteiger partial charge in [-0.3, -0.25) is 9.59 Å². The molecule has 1 saturated heterocycles. The predicted octanol–water partition coefficient (Wildman–Crippen LogP) is 4.03. The van der Waals surface area contributed by atoms with Crippen molar-refractivity contribution in [1.82, 2.24) is 5.32 Å². The number of phenolic OH excluding ortho intramolecular Hbond substituents is 2. The lowest BCUT2D eigenvalue weighted by molar-refractivity contribution is -0.244. The van der Waals surface area contributed by atoms with E-state index in [1.54, 1.807) is 31.2 Å². The number of aliphatic hydroxyl groups is 1. The maximum Gasteiger partial charge on any atom is 0.202 e. The average molecular weight is 562 g/mol. The summed E-state index contributed by atoms with van der Waals surface area (Å²) in [6.07, 6.45) is 4.27. The highest BCUT2D eigenvalue weighted by Crippen LogP contribution is 2.50. The van der Waals surface area contributed by atoms with Gasteiger partial charge in [-0.2, -0.15) is 0 Å². The van der Waals surface area contributed by atoms with Gasteiger partial charge in [-0.15, -0.1) is 0 Å². The molecule has 9 nitrogen and oxygen atoms in total. The first-order valence-electron chi connectivity index (χ1n) is 13.7. The van der Waals surface area contributed by atoms with E-state index in [-0.39, 0.29) is 51.1 Å². The summed E-state index contributed by atoms with van der Waals surface area (Å²) in [5, 5.41) is 36.9. The molecule has 4 N–H and O–H groups in total. The minimum atomic E-state index is -0.786. The Morgan fingerprint density at radius 3 is 2.61 bits per heavy atom. The number of aromatic hydroxyl groups is 2. The molecule has 1 unspecified atom stereocenters. The Morgan fingerprint density at radius 2 is 1.90 bits per heavy atom. The maximum absolute atomic E-state index is 13.7. The van der Waals surface area contributed by atoms with Crippen LogP contribution in [0.3, 0.4) is 0 Å². The van der Waals surface area contributed by atoms with Gasteiger partial charge >= 0.3 is 0 Å². The average Bonchev–Trinajstić information content (AvgIpc) is 2.97. The van der Waals surface area contributed by atoms with E-state index in [1.807, 2.05) is 6.08 Å². The van der Waals surface area contributed by atoms with Crippen LogP contribution in [0.25, 0.3) is 0 Å². The summed E-state index contributed by atoms with van der Waals surface area (Å²) < 4.78 is 17.7. The SMILES string of the molecule is C=C/C=C(\C=C)CN[C@@H]1CC(O[C@H]2CCCc3c(O)c4c(c(O)c32)C(=O)c2c(OC)cccc2C4=O)O[C@@H](C)[C@H]1O. The van der Waals surface area contributed by atoms with Crippen LogP contribution in [-0.2, 0) is 15.9 Å². The molecule has 9 heteroatoms. The van der Waals surface area contributed by atoms with Gasteiger partial charge in [0, 0.05) is 35.7 Å². The molecule has 216 valence electrons. The number of methoxy groups -OCH3 is 1. The Morgan fingerprint density at radius 1 is 1.15 bits per heavy atom. The van der Waals surface area contributed by atoms with Crippen LogP contribution < -0.4 is 10.1 Å². The first-order chi connectivity index (χ1) is 19.7. The van der Waals surface area contributed by atoms with E-state index >= 15 is 0 Å². The summed E-state index contributed by atoms with van der Waals surface area (Å²) in [6, 6.07) is 4.33. The number of allylic oxidation sites excluding steroid dienone is 2. The van der Waals surface area contributed by atoms with Crippen LogP contribution in [0.15, 0.2) is 55.2 Å². The highest BCUT2D eigenvalue weighted by Gasteiger charge is 2.43. The molecule has 0 aromatic heterocycles. The number of carbonyl (C=O) groups excluding carboxylic acids is 2. The van der Waals surface area contributed by atoms with Gasteiger partial charge in [-0.05, 0) is 37.8 Å². The molecular weight excluding hydrogens is 526 g/mol. The van der Waals surface area contributed by atoms with Gasteiger partial charge in [0.1, 0.15) is 17.2 Å². The fraction of sp³-hybridized carbons (Fsp3) is 0.375. The van der Waals surface area contributed by atoms with Gasteiger partial charge < -0.3 is 34.8 Å². The van der Waals surface area contributed by atoms with Crippen LogP contribution in [0, 0.1) is 0 Å². The van der Waals surface area contributed by atoms with E-state index in [9.17, 15) is 24.9 Å². The lowest BCUT2D eigenvalue weighted by Gasteiger charge is -2.40. The summed E-state index contributed by atoms with van der Waals surface area (Å²) in [5.74, 6) is -1.64. The quantitative estimate of drug-likeness (QED) is 0.238. The number of phenols is 2. The van der Waals surface area contributed by atoms with Crippen molar-refractivity contribution in [3.63, 3.8) is 0 Å². The van der Waals surface area contributed by atoms with Crippen molar-refractivity contribution in [2.24, 2.45) is 0 Å². The second-order valence-electron chi connectivity index (χ2n) is 10.6. The molecule has 2 aromatic rings. The van der Waals surface area contributed by atoms with Gasteiger partial charge in [0.05, 0.1) is 42.1 Å². The Labute approximate surface area is 238 Å². The van der Waals surface area contributed by atoms with E-state index in [1.165, 1.54) is 13.2 Å². The zero-order valence-electron chi connectivity index (χ0n) is 23.2. The normalized spacial score (nSPS) is 25.6. The van der Waals surface area contributed by atoms with Gasteiger partial charge in [-0.1, -0.05) is 43.5 Å². The largest absolute Gasteiger partial charge is 0.507 e. The van der Waals surface area contributed by atoms with Crippen molar-refractivity contribution in [3.8, 4) is 17.2 Å². The Bertz CT molecular complexity index is 1440. The molecule has 1 aliphatic heterocycles. The van der Waals surface area contributed by atoms with Crippen LogP contribution in [-0.4, -0.2) is 65.1 Å². The van der Waals surface area contributed by atoms with E-state index in [4.69, 9.17) is 14.2 Å². The third kappa shape index (κ3) is 4.99. The smallest absolute Gasteiger partial charge is 0.202 e. The van der Waals surface area contributed by atoms with Crippen molar-refractivity contribution in [1.29, 1.82) is 0 Å². The zero-order valence-corrected chi connectivity index (χ0v) is 23.2. The van der Waals surface area contributed by atoms with E-state index in [2.05, 4.69) is 18.5 Å². The molecule has 0 amide bonds. The van der Waals surface area contributed by atoms with E-state index in [0.717, 1.165) is 5.57 Å². The summed E-state index contributed by atoms with van der Waals surface area (Å²) in [6.45, 7) is 9.73. The molecular formula is C32H35NO8. The Kier molecular flexibility index (Phi) is 8.15. The molecule has 41 heavy (non-hydrogen) atoms. The highest BCUT2D eigenvalue weighted by molar-refractivity contribution is 6.31. The first kappa shape index (κ1) is 28.8. The van der Waals surface area contributed by atoms with Crippen molar-refractivity contribution in [3.05, 3.63) is 88.5 Å². The molecule has 0 radical (unpaired) electrons. The molecule has 0 bridgehead atoms. The number of hydrogen-bond donors (Lipinski definition) is 4. The topological polar surface area (TPSA) is 135 Å². The molecule has 1 heterocycles. The molecule has 5 rings (SSSR count). The van der Waals surface area contributed by atoms with Gasteiger partial charge in [-0.25, -0.2) is 0 Å². The fourth-order valence-corrected chi connectivity index (χ4v) is 6.09. The van der Waals surface area contributed by atoms with Crippen molar-refractivity contribution in [2.75, 3.05) is 13.7 Å².